The molecule has 0 spiro atoms. The van der Waals surface area contributed by atoms with E-state index in [1.807, 2.05) is 22.6 Å². The number of alkyl halides is 1. The van der Waals surface area contributed by atoms with Crippen LogP contribution in [0.1, 0.15) is 6.92 Å². The topological polar surface area (TPSA) is 34.1 Å². The molecular weight excluding hydrogens is 227 g/mol. The molecule has 0 fully saturated rings. The molecule has 0 radical (unpaired) electrons. The van der Waals surface area contributed by atoms with Crippen LogP contribution in [0.25, 0.3) is 0 Å². The molecule has 0 heterocycles. The number of rotatable bonds is 2. The van der Waals surface area contributed by atoms with E-state index in [1.165, 1.54) is 0 Å². The molecule has 0 aromatic heterocycles. The second-order valence-corrected chi connectivity index (χ2v) is 5.29. The van der Waals surface area contributed by atoms with Gasteiger partial charge in [0, 0.05) is 5.75 Å². The van der Waals surface area contributed by atoms with Crippen molar-refractivity contribution in [2.75, 3.05) is 9.51 Å². The maximum atomic E-state index is 10.4. The lowest BCUT2D eigenvalue weighted by molar-refractivity contribution is 0.602. The molecule has 0 saturated heterocycles. The minimum atomic E-state index is -2.67. The highest BCUT2D eigenvalue weighted by atomic mass is 127. The van der Waals surface area contributed by atoms with Gasteiger partial charge in [0.25, 0.3) is 0 Å². The van der Waals surface area contributed by atoms with Gasteiger partial charge in [0.2, 0.25) is 0 Å². The van der Waals surface area contributed by atoms with Gasteiger partial charge in [-0.3, -0.25) is 0 Å². The van der Waals surface area contributed by atoms with Gasteiger partial charge in [0.1, 0.15) is 3.76 Å². The molecule has 0 aliphatic carbocycles. The van der Waals surface area contributed by atoms with E-state index in [0.717, 1.165) is 0 Å². The van der Waals surface area contributed by atoms with Crippen LogP contribution < -0.4 is 0 Å². The molecule has 0 rings (SSSR count). The van der Waals surface area contributed by atoms with Crippen LogP contribution in [0.5, 0.6) is 0 Å². The van der Waals surface area contributed by atoms with E-state index in [-0.39, 0.29) is 9.51 Å². The zero-order valence-corrected chi connectivity index (χ0v) is 6.99. The Hall–Kier alpha value is 0.680. The predicted molar refractivity (Wildman–Crippen MR) is 38.3 cm³/mol. The van der Waals surface area contributed by atoms with Crippen molar-refractivity contribution in [3.63, 3.8) is 0 Å². The van der Waals surface area contributed by atoms with Crippen LogP contribution in [0.3, 0.4) is 0 Å². The monoisotopic (exact) mass is 234 g/mol. The number of halogens is 1. The summed E-state index contributed by atoms with van der Waals surface area (Å²) in [6, 6.07) is 0. The predicted octanol–water partition coefficient (Wildman–Crippen LogP) is 0.814. The molecule has 0 unspecified atom stereocenters. The van der Waals surface area contributed by atoms with Crippen LogP contribution in [0.4, 0.5) is 0 Å². The quantitative estimate of drug-likeness (QED) is 0.523. The Kier molecular flexibility index (Phi) is 3.14. The van der Waals surface area contributed by atoms with Crippen molar-refractivity contribution in [1.82, 2.24) is 0 Å². The molecule has 0 aliphatic heterocycles. The van der Waals surface area contributed by atoms with Crippen molar-refractivity contribution >= 4 is 32.4 Å². The highest BCUT2D eigenvalue weighted by molar-refractivity contribution is 14.1. The molecular formula is C3H7IO2S. The zero-order valence-electron chi connectivity index (χ0n) is 4.02. The van der Waals surface area contributed by atoms with Gasteiger partial charge in [-0.25, -0.2) is 8.42 Å². The molecule has 0 atom stereocenters. The summed E-state index contributed by atoms with van der Waals surface area (Å²) in [5, 5.41) is 0. The van der Waals surface area contributed by atoms with E-state index in [9.17, 15) is 8.42 Å². The van der Waals surface area contributed by atoms with Crippen molar-refractivity contribution in [2.24, 2.45) is 0 Å². The van der Waals surface area contributed by atoms with E-state index < -0.39 is 9.84 Å². The van der Waals surface area contributed by atoms with Crippen molar-refractivity contribution in [1.29, 1.82) is 0 Å². The first-order valence-corrected chi connectivity index (χ1v) is 5.23. The molecule has 44 valence electrons. The van der Waals surface area contributed by atoms with Crippen molar-refractivity contribution in [3.05, 3.63) is 0 Å². The summed E-state index contributed by atoms with van der Waals surface area (Å²) in [7, 11) is -2.67. The first-order chi connectivity index (χ1) is 3.12. The normalized spacial score (nSPS) is 11.7. The summed E-state index contributed by atoms with van der Waals surface area (Å²) >= 11 is 1.84. The van der Waals surface area contributed by atoms with E-state index in [4.69, 9.17) is 0 Å². The molecule has 0 amide bonds. The molecule has 7 heavy (non-hydrogen) atoms. The SMILES string of the molecule is CCS(=O)(=O)CI. The largest absolute Gasteiger partial charge is 0.228 e. The summed E-state index contributed by atoms with van der Waals surface area (Å²) < 4.78 is 21.0. The smallest absolute Gasteiger partial charge is 0.159 e. The summed E-state index contributed by atoms with van der Waals surface area (Å²) in [6.45, 7) is 1.65. The van der Waals surface area contributed by atoms with Gasteiger partial charge < -0.3 is 0 Å². The third-order valence-electron chi connectivity index (χ3n) is 0.606. The van der Waals surface area contributed by atoms with Crippen LogP contribution in [-0.4, -0.2) is 17.9 Å². The van der Waals surface area contributed by atoms with Gasteiger partial charge in [-0.1, -0.05) is 29.5 Å². The maximum absolute atomic E-state index is 10.4. The molecule has 0 aromatic rings. The lowest BCUT2D eigenvalue weighted by Gasteiger charge is -1.88. The zero-order chi connectivity index (χ0) is 5.91. The Morgan fingerprint density at radius 3 is 2.00 bits per heavy atom. The van der Waals surface area contributed by atoms with Crippen molar-refractivity contribution < 1.29 is 8.42 Å². The van der Waals surface area contributed by atoms with Crippen LogP contribution in [0.15, 0.2) is 0 Å². The lowest BCUT2D eigenvalue weighted by Crippen LogP contribution is -2.02. The summed E-state index contributed by atoms with van der Waals surface area (Å²) in [5.41, 5.74) is 0. The molecule has 0 bridgehead atoms. The Morgan fingerprint density at radius 1 is 1.57 bits per heavy atom. The second-order valence-electron chi connectivity index (χ2n) is 1.14. The van der Waals surface area contributed by atoms with Gasteiger partial charge >= 0.3 is 0 Å². The average Bonchev–Trinajstić information content (AvgIpc) is 1.68. The Morgan fingerprint density at radius 2 is 2.00 bits per heavy atom. The van der Waals surface area contributed by atoms with Crippen LogP contribution >= 0.6 is 22.6 Å². The van der Waals surface area contributed by atoms with E-state index in [2.05, 4.69) is 0 Å². The molecule has 4 heteroatoms. The molecule has 0 aliphatic rings. The lowest BCUT2D eigenvalue weighted by atomic mass is 11.0. The Labute approximate surface area is 57.4 Å². The van der Waals surface area contributed by atoms with Gasteiger partial charge in [-0.05, 0) is 0 Å². The first kappa shape index (κ1) is 7.68. The Bertz CT molecular complexity index is 116. The Balaban J connectivity index is 3.89. The summed E-state index contributed by atoms with van der Waals surface area (Å²) in [5.74, 6) is 0.260. The van der Waals surface area contributed by atoms with Gasteiger partial charge in [-0.15, -0.1) is 0 Å². The minimum Gasteiger partial charge on any atom is -0.228 e. The fourth-order valence-corrected chi connectivity index (χ4v) is 1.55. The van der Waals surface area contributed by atoms with Gasteiger partial charge in [0.05, 0.1) is 0 Å². The third-order valence-corrected chi connectivity index (χ3v) is 4.66. The molecule has 0 saturated carbocycles. The number of hydrogen-bond donors (Lipinski definition) is 0. The summed E-state index contributed by atoms with van der Waals surface area (Å²) in [4.78, 5) is 0. The summed E-state index contributed by atoms with van der Waals surface area (Å²) in [6.07, 6.45) is 0. The van der Waals surface area contributed by atoms with Crippen molar-refractivity contribution in [3.8, 4) is 0 Å². The molecule has 0 N–H and O–H groups in total. The fourth-order valence-electron chi connectivity index (χ4n) is 0.0772. The first-order valence-electron chi connectivity index (χ1n) is 1.89. The molecule has 2 nitrogen and oxygen atoms in total. The van der Waals surface area contributed by atoms with E-state index >= 15 is 0 Å². The maximum Gasteiger partial charge on any atom is 0.159 e. The van der Waals surface area contributed by atoms with Crippen molar-refractivity contribution in [2.45, 2.75) is 6.92 Å². The average molecular weight is 234 g/mol. The van der Waals surface area contributed by atoms with Crippen LogP contribution in [0, 0.1) is 0 Å². The standard InChI is InChI=1S/C3H7IO2S/c1-2-7(5,6)3-4/h2-3H2,1H3. The van der Waals surface area contributed by atoms with E-state index in [0.29, 0.717) is 0 Å². The van der Waals surface area contributed by atoms with Crippen LogP contribution in [-0.2, 0) is 9.84 Å². The van der Waals surface area contributed by atoms with Crippen LogP contribution in [0.2, 0.25) is 0 Å². The minimum absolute atomic E-state index is 0.237. The number of hydrogen-bond acceptors (Lipinski definition) is 2. The highest BCUT2D eigenvalue weighted by Crippen LogP contribution is 1.93. The molecule has 0 aromatic carbocycles. The second kappa shape index (κ2) is 2.86. The van der Waals surface area contributed by atoms with E-state index in [1.54, 1.807) is 6.92 Å². The highest BCUT2D eigenvalue weighted by Gasteiger charge is 2.00. The van der Waals surface area contributed by atoms with Gasteiger partial charge in [0.15, 0.2) is 9.84 Å². The van der Waals surface area contributed by atoms with Gasteiger partial charge in [-0.2, -0.15) is 0 Å². The third kappa shape index (κ3) is 3.28. The fraction of sp³-hybridized carbons (Fsp3) is 1.00. The number of sulfone groups is 1.